The molecular formula is C15H18N2O2S. The minimum absolute atomic E-state index is 0.172. The van der Waals surface area contributed by atoms with Crippen LogP contribution in [0.3, 0.4) is 0 Å². The summed E-state index contributed by atoms with van der Waals surface area (Å²) in [5, 5.41) is 5.39. The van der Waals surface area contributed by atoms with Gasteiger partial charge in [0.1, 0.15) is 0 Å². The first kappa shape index (κ1) is 14.4. The number of anilines is 2. The van der Waals surface area contributed by atoms with Gasteiger partial charge in [-0.3, -0.25) is 0 Å². The summed E-state index contributed by atoms with van der Waals surface area (Å²) in [6.45, 7) is 4.21. The topological polar surface area (TPSA) is 64.3 Å². The zero-order valence-electron chi connectivity index (χ0n) is 11.6. The maximum Gasteiger partial charge on any atom is 0.338 e. The summed E-state index contributed by atoms with van der Waals surface area (Å²) < 4.78 is 4.95. The van der Waals surface area contributed by atoms with Crippen molar-refractivity contribution in [3.05, 3.63) is 46.2 Å². The van der Waals surface area contributed by atoms with Crippen molar-refractivity contribution in [1.29, 1.82) is 0 Å². The second kappa shape index (κ2) is 6.43. The van der Waals surface area contributed by atoms with Gasteiger partial charge in [-0.25, -0.2) is 4.79 Å². The SMILES string of the molecule is CCOC(=O)c1ccc(NC(C)c2cccs2)c(N)c1. The summed E-state index contributed by atoms with van der Waals surface area (Å²) in [7, 11) is 0. The molecule has 0 aliphatic heterocycles. The van der Waals surface area contributed by atoms with E-state index in [4.69, 9.17) is 10.5 Å². The van der Waals surface area contributed by atoms with Crippen LogP contribution < -0.4 is 11.1 Å². The number of carbonyl (C=O) groups is 1. The van der Waals surface area contributed by atoms with Crippen LogP contribution in [0.15, 0.2) is 35.7 Å². The Hall–Kier alpha value is -2.01. The highest BCUT2D eigenvalue weighted by Gasteiger charge is 2.11. The summed E-state index contributed by atoms with van der Waals surface area (Å²) in [6, 6.07) is 9.44. The lowest BCUT2D eigenvalue weighted by molar-refractivity contribution is 0.0526. The van der Waals surface area contributed by atoms with Crippen LogP contribution in [0.25, 0.3) is 0 Å². The molecule has 106 valence electrons. The second-order valence-corrected chi connectivity index (χ2v) is 5.38. The Labute approximate surface area is 122 Å². The molecule has 0 spiro atoms. The number of thiophene rings is 1. The summed E-state index contributed by atoms with van der Waals surface area (Å²) in [5.41, 5.74) is 7.82. The van der Waals surface area contributed by atoms with Gasteiger partial charge in [-0.15, -0.1) is 11.3 Å². The highest BCUT2D eigenvalue weighted by Crippen LogP contribution is 2.27. The molecule has 0 amide bonds. The number of hydrogen-bond acceptors (Lipinski definition) is 5. The molecule has 5 heteroatoms. The quantitative estimate of drug-likeness (QED) is 0.651. The van der Waals surface area contributed by atoms with Crippen LogP contribution in [0.1, 0.15) is 35.1 Å². The molecule has 2 rings (SSSR count). The van der Waals surface area contributed by atoms with Gasteiger partial charge in [0.05, 0.1) is 29.6 Å². The molecule has 1 unspecified atom stereocenters. The van der Waals surface area contributed by atoms with Crippen LogP contribution in [-0.4, -0.2) is 12.6 Å². The van der Waals surface area contributed by atoms with Gasteiger partial charge in [0.25, 0.3) is 0 Å². The average molecular weight is 290 g/mol. The number of nitrogens with one attached hydrogen (secondary N) is 1. The molecule has 1 atom stereocenters. The van der Waals surface area contributed by atoms with Crippen molar-refractivity contribution in [2.75, 3.05) is 17.7 Å². The molecule has 0 aliphatic carbocycles. The van der Waals surface area contributed by atoms with Crippen LogP contribution in [0.4, 0.5) is 11.4 Å². The van der Waals surface area contributed by atoms with Crippen molar-refractivity contribution < 1.29 is 9.53 Å². The van der Waals surface area contributed by atoms with Gasteiger partial charge in [-0.2, -0.15) is 0 Å². The van der Waals surface area contributed by atoms with E-state index in [1.807, 2.05) is 17.5 Å². The smallest absolute Gasteiger partial charge is 0.338 e. The molecular weight excluding hydrogens is 272 g/mol. The molecule has 0 saturated heterocycles. The first-order valence-corrected chi connectivity index (χ1v) is 7.36. The third-order valence-corrected chi connectivity index (χ3v) is 3.96. The fourth-order valence-corrected chi connectivity index (χ4v) is 2.61. The van der Waals surface area contributed by atoms with E-state index in [0.29, 0.717) is 17.9 Å². The first-order valence-electron chi connectivity index (χ1n) is 6.48. The molecule has 1 aromatic heterocycles. The number of esters is 1. The Morgan fingerprint density at radius 2 is 2.25 bits per heavy atom. The summed E-state index contributed by atoms with van der Waals surface area (Å²) >= 11 is 1.69. The maximum absolute atomic E-state index is 11.6. The van der Waals surface area contributed by atoms with Crippen LogP contribution in [0.5, 0.6) is 0 Å². The Bertz CT molecular complexity index is 582. The Balaban J connectivity index is 2.12. The number of carbonyl (C=O) groups excluding carboxylic acids is 1. The minimum atomic E-state index is -0.350. The van der Waals surface area contributed by atoms with Crippen LogP contribution in [-0.2, 0) is 4.74 Å². The third kappa shape index (κ3) is 3.30. The number of ether oxygens (including phenoxy) is 1. The van der Waals surface area contributed by atoms with Gasteiger partial charge in [-0.1, -0.05) is 6.07 Å². The van der Waals surface area contributed by atoms with Crippen molar-refractivity contribution in [3.63, 3.8) is 0 Å². The van der Waals surface area contributed by atoms with E-state index in [-0.39, 0.29) is 12.0 Å². The molecule has 4 nitrogen and oxygen atoms in total. The molecule has 0 saturated carbocycles. The molecule has 3 N–H and O–H groups in total. The van der Waals surface area contributed by atoms with Gasteiger partial charge in [0.15, 0.2) is 0 Å². The van der Waals surface area contributed by atoms with Gasteiger partial charge < -0.3 is 15.8 Å². The molecule has 0 fully saturated rings. The van der Waals surface area contributed by atoms with Crippen molar-refractivity contribution in [2.45, 2.75) is 19.9 Å². The zero-order valence-corrected chi connectivity index (χ0v) is 12.4. The molecule has 1 aromatic carbocycles. The Morgan fingerprint density at radius 3 is 2.85 bits per heavy atom. The minimum Gasteiger partial charge on any atom is -0.462 e. The van der Waals surface area contributed by atoms with Crippen LogP contribution in [0.2, 0.25) is 0 Å². The van der Waals surface area contributed by atoms with E-state index >= 15 is 0 Å². The predicted molar refractivity (Wildman–Crippen MR) is 83.2 cm³/mol. The molecule has 0 bridgehead atoms. The van der Waals surface area contributed by atoms with Crippen LogP contribution in [0, 0.1) is 0 Å². The highest BCUT2D eigenvalue weighted by molar-refractivity contribution is 7.10. The number of hydrogen-bond donors (Lipinski definition) is 2. The van der Waals surface area contributed by atoms with E-state index in [2.05, 4.69) is 18.3 Å². The standard InChI is InChI=1S/C15H18N2O2S/c1-3-19-15(18)11-6-7-13(12(16)9-11)17-10(2)14-5-4-8-20-14/h4-10,17H,3,16H2,1-2H3. The van der Waals surface area contributed by atoms with Crippen molar-refractivity contribution >= 4 is 28.7 Å². The normalized spacial score (nSPS) is 11.9. The number of nitrogens with two attached hydrogens (primary N) is 1. The lowest BCUT2D eigenvalue weighted by Crippen LogP contribution is -2.09. The van der Waals surface area contributed by atoms with Gasteiger partial charge in [0.2, 0.25) is 0 Å². The lowest BCUT2D eigenvalue weighted by Gasteiger charge is -2.16. The summed E-state index contributed by atoms with van der Waals surface area (Å²) in [6.07, 6.45) is 0. The largest absolute Gasteiger partial charge is 0.462 e. The van der Waals surface area contributed by atoms with E-state index < -0.39 is 0 Å². The van der Waals surface area contributed by atoms with Crippen molar-refractivity contribution in [2.24, 2.45) is 0 Å². The number of benzene rings is 1. The molecule has 2 aromatic rings. The fraction of sp³-hybridized carbons (Fsp3) is 0.267. The fourth-order valence-electron chi connectivity index (χ4n) is 1.88. The summed E-state index contributed by atoms with van der Waals surface area (Å²) in [4.78, 5) is 12.9. The Morgan fingerprint density at radius 1 is 1.45 bits per heavy atom. The Kier molecular flexibility index (Phi) is 4.63. The zero-order chi connectivity index (χ0) is 14.5. The van der Waals surface area contributed by atoms with E-state index in [1.54, 1.807) is 30.4 Å². The number of nitrogen functional groups attached to an aromatic ring is 1. The second-order valence-electron chi connectivity index (χ2n) is 4.40. The number of rotatable bonds is 5. The molecule has 20 heavy (non-hydrogen) atoms. The monoisotopic (exact) mass is 290 g/mol. The lowest BCUT2D eigenvalue weighted by atomic mass is 10.1. The predicted octanol–water partition coefficient (Wildman–Crippen LogP) is 3.68. The molecule has 1 heterocycles. The third-order valence-electron chi connectivity index (χ3n) is 2.90. The molecule has 0 aliphatic rings. The van der Waals surface area contributed by atoms with Gasteiger partial charge >= 0.3 is 5.97 Å². The van der Waals surface area contributed by atoms with Gasteiger partial charge in [0, 0.05) is 4.88 Å². The van der Waals surface area contributed by atoms with E-state index in [1.165, 1.54) is 4.88 Å². The first-order chi connectivity index (χ1) is 9.61. The van der Waals surface area contributed by atoms with E-state index in [9.17, 15) is 4.79 Å². The summed E-state index contributed by atoms with van der Waals surface area (Å²) in [5.74, 6) is -0.350. The average Bonchev–Trinajstić information content (AvgIpc) is 2.95. The molecule has 0 radical (unpaired) electrons. The van der Waals surface area contributed by atoms with E-state index in [0.717, 1.165) is 5.69 Å². The maximum atomic E-state index is 11.6. The van der Waals surface area contributed by atoms with Gasteiger partial charge in [-0.05, 0) is 43.5 Å². The van der Waals surface area contributed by atoms with Crippen molar-refractivity contribution in [3.8, 4) is 0 Å². The highest BCUT2D eigenvalue weighted by atomic mass is 32.1. The van der Waals surface area contributed by atoms with Crippen LogP contribution >= 0.6 is 11.3 Å². The van der Waals surface area contributed by atoms with Crippen molar-refractivity contribution in [1.82, 2.24) is 0 Å².